The molecular formula is C24H26O2. The Labute approximate surface area is 157 Å². The molecule has 0 atom stereocenters. The van der Waals surface area contributed by atoms with E-state index in [1.165, 1.54) is 0 Å². The van der Waals surface area contributed by atoms with Gasteiger partial charge in [0.1, 0.15) is 24.7 Å². The van der Waals surface area contributed by atoms with Crippen LogP contribution >= 0.6 is 0 Å². The molecule has 0 aliphatic carbocycles. The average molecular weight is 346 g/mol. The van der Waals surface area contributed by atoms with Crippen molar-refractivity contribution in [1.29, 1.82) is 0 Å². The van der Waals surface area contributed by atoms with E-state index in [1.807, 2.05) is 26.0 Å². The molecule has 0 unspecified atom stereocenters. The Morgan fingerprint density at radius 3 is 1.62 bits per heavy atom. The van der Waals surface area contributed by atoms with Gasteiger partial charge in [0.15, 0.2) is 0 Å². The van der Waals surface area contributed by atoms with Crippen LogP contribution in [0.4, 0.5) is 0 Å². The van der Waals surface area contributed by atoms with E-state index in [-0.39, 0.29) is 0 Å². The van der Waals surface area contributed by atoms with Gasteiger partial charge in [0.2, 0.25) is 0 Å². The fourth-order valence-corrected chi connectivity index (χ4v) is 1.87. The molecule has 0 heterocycles. The first-order valence-electron chi connectivity index (χ1n) is 8.39. The van der Waals surface area contributed by atoms with E-state index in [4.69, 9.17) is 9.47 Å². The molecule has 0 aromatic heterocycles. The van der Waals surface area contributed by atoms with Crippen LogP contribution in [-0.2, 0) is 0 Å². The molecule has 0 aliphatic rings. The standard InChI is InChI=1S/C24H26O2/c1-7-15-25-23-18-24(26-16-8-2)22(14-10-12-20(5)6)17-21(23)13-9-11-19(3)4/h7-8,17-18H,1-3,5,11-12,15-16H2,4,6H3. The van der Waals surface area contributed by atoms with Crippen LogP contribution in [-0.4, -0.2) is 13.2 Å². The van der Waals surface area contributed by atoms with Crippen molar-refractivity contribution in [3.05, 3.63) is 72.9 Å². The van der Waals surface area contributed by atoms with E-state index in [0.717, 1.165) is 22.3 Å². The first kappa shape index (κ1) is 20.9. The highest BCUT2D eigenvalue weighted by molar-refractivity contribution is 5.58. The van der Waals surface area contributed by atoms with Crippen LogP contribution in [0.5, 0.6) is 11.5 Å². The Morgan fingerprint density at radius 1 is 0.846 bits per heavy atom. The van der Waals surface area contributed by atoms with Crippen LogP contribution in [0.2, 0.25) is 0 Å². The van der Waals surface area contributed by atoms with Gasteiger partial charge in [-0.1, -0.05) is 73.3 Å². The topological polar surface area (TPSA) is 18.5 Å². The third-order valence-corrected chi connectivity index (χ3v) is 3.02. The van der Waals surface area contributed by atoms with Crippen molar-refractivity contribution < 1.29 is 9.47 Å². The van der Waals surface area contributed by atoms with E-state index in [2.05, 4.69) is 50.0 Å². The monoisotopic (exact) mass is 346 g/mol. The van der Waals surface area contributed by atoms with Gasteiger partial charge in [-0.05, 0) is 19.9 Å². The van der Waals surface area contributed by atoms with E-state index in [9.17, 15) is 0 Å². The molecule has 134 valence electrons. The third kappa shape index (κ3) is 7.65. The van der Waals surface area contributed by atoms with Crippen molar-refractivity contribution in [2.75, 3.05) is 13.2 Å². The lowest BCUT2D eigenvalue weighted by atomic mass is 10.1. The lowest BCUT2D eigenvalue weighted by molar-refractivity contribution is 0.343. The Hall–Kier alpha value is -3.10. The maximum Gasteiger partial charge on any atom is 0.139 e. The minimum Gasteiger partial charge on any atom is -0.488 e. The maximum atomic E-state index is 5.75. The molecule has 0 spiro atoms. The second-order valence-electron chi connectivity index (χ2n) is 5.92. The Bertz CT molecular complexity index is 739. The van der Waals surface area contributed by atoms with Crippen molar-refractivity contribution >= 4 is 0 Å². The number of ether oxygens (including phenoxy) is 2. The van der Waals surface area contributed by atoms with Gasteiger partial charge in [0, 0.05) is 18.9 Å². The van der Waals surface area contributed by atoms with Gasteiger partial charge < -0.3 is 9.47 Å². The zero-order valence-electron chi connectivity index (χ0n) is 15.8. The van der Waals surface area contributed by atoms with Crippen molar-refractivity contribution in [2.45, 2.75) is 26.7 Å². The highest BCUT2D eigenvalue weighted by Crippen LogP contribution is 2.29. The summed E-state index contributed by atoms with van der Waals surface area (Å²) in [5, 5.41) is 0. The fraction of sp³-hybridized carbons (Fsp3) is 0.250. The number of allylic oxidation sites excluding steroid dienone is 2. The summed E-state index contributed by atoms with van der Waals surface area (Å²) < 4.78 is 11.5. The highest BCUT2D eigenvalue weighted by atomic mass is 16.5. The molecule has 1 aromatic carbocycles. The quantitative estimate of drug-likeness (QED) is 0.460. The zero-order chi connectivity index (χ0) is 19.4. The molecule has 0 fully saturated rings. The first-order chi connectivity index (χ1) is 12.5. The normalized spacial score (nSPS) is 9.00. The van der Waals surface area contributed by atoms with E-state index >= 15 is 0 Å². The molecule has 0 bridgehead atoms. The molecule has 2 heteroatoms. The van der Waals surface area contributed by atoms with Crippen molar-refractivity contribution in [3.8, 4) is 35.2 Å². The SMILES string of the molecule is C=CCOc1cc(OCC=C)c(C#CCC(=C)C)cc1C#CCC(=C)C. The number of rotatable bonds is 8. The van der Waals surface area contributed by atoms with Gasteiger partial charge >= 0.3 is 0 Å². The number of hydrogen-bond acceptors (Lipinski definition) is 2. The predicted molar refractivity (Wildman–Crippen MR) is 110 cm³/mol. The van der Waals surface area contributed by atoms with E-state index in [0.29, 0.717) is 37.6 Å². The summed E-state index contributed by atoms with van der Waals surface area (Å²) in [4.78, 5) is 0. The Morgan fingerprint density at radius 2 is 1.27 bits per heavy atom. The van der Waals surface area contributed by atoms with Gasteiger partial charge in [-0.15, -0.1) is 0 Å². The largest absolute Gasteiger partial charge is 0.488 e. The molecule has 26 heavy (non-hydrogen) atoms. The summed E-state index contributed by atoms with van der Waals surface area (Å²) in [6, 6.07) is 3.72. The Balaban J connectivity index is 3.36. The highest BCUT2D eigenvalue weighted by Gasteiger charge is 2.10. The van der Waals surface area contributed by atoms with Crippen LogP contribution in [0.25, 0.3) is 0 Å². The summed E-state index contributed by atoms with van der Waals surface area (Å²) in [6.45, 7) is 19.8. The molecule has 1 aromatic rings. The smallest absolute Gasteiger partial charge is 0.139 e. The Kier molecular flexibility index (Phi) is 9.23. The summed E-state index contributed by atoms with van der Waals surface area (Å²) in [5.74, 6) is 13.8. The van der Waals surface area contributed by atoms with E-state index < -0.39 is 0 Å². The van der Waals surface area contributed by atoms with Gasteiger partial charge in [-0.3, -0.25) is 0 Å². The second kappa shape index (κ2) is 11.5. The number of benzene rings is 1. The molecule has 0 radical (unpaired) electrons. The van der Waals surface area contributed by atoms with Crippen LogP contribution in [0.1, 0.15) is 37.8 Å². The van der Waals surface area contributed by atoms with Gasteiger partial charge in [-0.25, -0.2) is 0 Å². The minimum absolute atomic E-state index is 0.386. The van der Waals surface area contributed by atoms with Crippen LogP contribution in [0, 0.1) is 23.7 Å². The molecular weight excluding hydrogens is 320 g/mol. The molecule has 0 saturated carbocycles. The molecule has 1 rings (SSSR count). The van der Waals surface area contributed by atoms with Gasteiger partial charge in [0.05, 0.1) is 11.1 Å². The van der Waals surface area contributed by atoms with Crippen molar-refractivity contribution in [3.63, 3.8) is 0 Å². The van der Waals surface area contributed by atoms with Gasteiger partial charge in [0.25, 0.3) is 0 Å². The van der Waals surface area contributed by atoms with Crippen LogP contribution < -0.4 is 9.47 Å². The van der Waals surface area contributed by atoms with Crippen molar-refractivity contribution in [1.82, 2.24) is 0 Å². The predicted octanol–water partition coefficient (Wildman–Crippen LogP) is 5.45. The summed E-state index contributed by atoms with van der Waals surface area (Å²) >= 11 is 0. The molecule has 2 nitrogen and oxygen atoms in total. The zero-order valence-corrected chi connectivity index (χ0v) is 15.8. The minimum atomic E-state index is 0.386. The molecule has 0 saturated heterocycles. The summed E-state index contributed by atoms with van der Waals surface area (Å²) in [7, 11) is 0. The summed E-state index contributed by atoms with van der Waals surface area (Å²) in [5.41, 5.74) is 3.55. The summed E-state index contributed by atoms with van der Waals surface area (Å²) in [6.07, 6.45) is 4.64. The van der Waals surface area contributed by atoms with Crippen LogP contribution in [0.3, 0.4) is 0 Å². The van der Waals surface area contributed by atoms with Crippen LogP contribution in [0.15, 0.2) is 61.7 Å². The van der Waals surface area contributed by atoms with Crippen molar-refractivity contribution in [2.24, 2.45) is 0 Å². The molecule has 0 N–H and O–H groups in total. The lowest BCUT2D eigenvalue weighted by Gasteiger charge is -2.12. The molecule has 0 amide bonds. The second-order valence-corrected chi connectivity index (χ2v) is 5.92. The van der Waals surface area contributed by atoms with E-state index in [1.54, 1.807) is 12.2 Å². The number of hydrogen-bond donors (Lipinski definition) is 0. The third-order valence-electron chi connectivity index (χ3n) is 3.02. The molecule has 0 aliphatic heterocycles. The van der Waals surface area contributed by atoms with Gasteiger partial charge in [-0.2, -0.15) is 0 Å². The fourth-order valence-electron chi connectivity index (χ4n) is 1.87. The maximum absolute atomic E-state index is 5.75. The average Bonchev–Trinajstić information content (AvgIpc) is 2.59. The lowest BCUT2D eigenvalue weighted by Crippen LogP contribution is -2.01. The first-order valence-corrected chi connectivity index (χ1v) is 8.39.